The highest BCUT2D eigenvalue weighted by molar-refractivity contribution is 6.03. The van der Waals surface area contributed by atoms with Gasteiger partial charge in [-0.15, -0.1) is 0 Å². The molecule has 0 bridgehead atoms. The fourth-order valence-electron chi connectivity index (χ4n) is 4.26. The van der Waals surface area contributed by atoms with E-state index in [2.05, 4.69) is 41.3 Å². The molecule has 6 nitrogen and oxygen atoms in total. The van der Waals surface area contributed by atoms with Crippen LogP contribution in [0, 0.1) is 12.8 Å². The van der Waals surface area contributed by atoms with Gasteiger partial charge in [-0.3, -0.25) is 9.59 Å². The van der Waals surface area contributed by atoms with Crippen LogP contribution in [0.4, 0.5) is 17.1 Å². The summed E-state index contributed by atoms with van der Waals surface area (Å²) in [5.74, 6) is -0.434. The van der Waals surface area contributed by atoms with Crippen LogP contribution in [0.3, 0.4) is 0 Å². The Kier molecular flexibility index (Phi) is 5.77. The van der Waals surface area contributed by atoms with E-state index in [1.807, 2.05) is 43.3 Å². The first-order valence-corrected chi connectivity index (χ1v) is 10.6. The number of likely N-dealkylation sites (N-methyl/N-ethyl adjacent to an activating group) is 1. The van der Waals surface area contributed by atoms with Crippen LogP contribution in [0.2, 0.25) is 0 Å². The van der Waals surface area contributed by atoms with E-state index >= 15 is 0 Å². The predicted molar refractivity (Wildman–Crippen MR) is 121 cm³/mol. The third-order valence-corrected chi connectivity index (χ3v) is 6.24. The fourth-order valence-corrected chi connectivity index (χ4v) is 4.26. The predicted octanol–water partition coefficient (Wildman–Crippen LogP) is 3.13. The Morgan fingerprint density at radius 2 is 1.67 bits per heavy atom. The zero-order valence-corrected chi connectivity index (χ0v) is 18.0. The molecule has 0 radical (unpaired) electrons. The Hall–Kier alpha value is -2.86. The van der Waals surface area contributed by atoms with Crippen molar-refractivity contribution in [3.05, 3.63) is 54.1 Å². The molecule has 2 aliphatic heterocycles. The first kappa shape index (κ1) is 20.4. The Bertz CT molecular complexity index is 908. The second-order valence-electron chi connectivity index (χ2n) is 8.63. The minimum absolute atomic E-state index is 0.00108. The molecule has 2 unspecified atom stereocenters. The summed E-state index contributed by atoms with van der Waals surface area (Å²) in [5, 5.41) is 2.99. The van der Waals surface area contributed by atoms with Gasteiger partial charge in [0.15, 0.2) is 0 Å². The van der Waals surface area contributed by atoms with Gasteiger partial charge >= 0.3 is 0 Å². The van der Waals surface area contributed by atoms with Gasteiger partial charge in [0, 0.05) is 49.2 Å². The second kappa shape index (κ2) is 8.48. The number of rotatable bonds is 5. The summed E-state index contributed by atoms with van der Waals surface area (Å²) in [5.41, 5.74) is 3.95. The van der Waals surface area contributed by atoms with Crippen molar-refractivity contribution in [2.75, 3.05) is 48.8 Å². The average Bonchev–Trinajstić information content (AvgIpc) is 3.37. The summed E-state index contributed by atoms with van der Waals surface area (Å²) < 4.78 is 0. The van der Waals surface area contributed by atoms with E-state index in [0.717, 1.165) is 30.0 Å². The van der Waals surface area contributed by atoms with E-state index in [1.54, 1.807) is 4.90 Å². The van der Waals surface area contributed by atoms with Crippen molar-refractivity contribution in [2.24, 2.45) is 5.92 Å². The smallest absolute Gasteiger partial charge is 0.229 e. The van der Waals surface area contributed by atoms with Crippen molar-refractivity contribution in [1.29, 1.82) is 0 Å². The van der Waals surface area contributed by atoms with Gasteiger partial charge in [-0.25, -0.2) is 0 Å². The maximum atomic E-state index is 12.7. The Morgan fingerprint density at radius 3 is 2.30 bits per heavy atom. The number of nitrogens with zero attached hydrogens (tertiary/aromatic N) is 3. The lowest BCUT2D eigenvalue weighted by molar-refractivity contribution is -0.122. The summed E-state index contributed by atoms with van der Waals surface area (Å²) in [4.78, 5) is 31.5. The normalized spacial score (nSPS) is 21.5. The SMILES string of the molecule is Cc1ccc(N2CC(C(=O)Nc3ccc(N4CCC(N(C)C)C4)cc3)CC2=O)cc1. The molecule has 2 saturated heterocycles. The average molecular weight is 407 g/mol. The monoisotopic (exact) mass is 406 g/mol. The lowest BCUT2D eigenvalue weighted by Gasteiger charge is -2.22. The molecular formula is C24H30N4O2. The number of carbonyl (C=O) groups excluding carboxylic acids is 2. The molecule has 0 aliphatic carbocycles. The Morgan fingerprint density at radius 1 is 1.00 bits per heavy atom. The molecule has 2 aliphatic rings. The third-order valence-electron chi connectivity index (χ3n) is 6.24. The third kappa shape index (κ3) is 4.33. The summed E-state index contributed by atoms with van der Waals surface area (Å²) in [6.07, 6.45) is 1.41. The van der Waals surface area contributed by atoms with E-state index in [-0.39, 0.29) is 24.2 Å². The van der Waals surface area contributed by atoms with Crippen molar-refractivity contribution in [3.8, 4) is 0 Å². The van der Waals surface area contributed by atoms with Crippen molar-refractivity contribution in [3.63, 3.8) is 0 Å². The number of benzene rings is 2. The quantitative estimate of drug-likeness (QED) is 0.829. The first-order chi connectivity index (χ1) is 14.4. The summed E-state index contributed by atoms with van der Waals surface area (Å²) in [7, 11) is 4.25. The van der Waals surface area contributed by atoms with Gasteiger partial charge in [-0.05, 0) is 63.8 Å². The number of nitrogens with one attached hydrogen (secondary N) is 1. The van der Waals surface area contributed by atoms with Crippen LogP contribution < -0.4 is 15.1 Å². The van der Waals surface area contributed by atoms with E-state index < -0.39 is 0 Å². The van der Waals surface area contributed by atoms with Gasteiger partial charge in [0.25, 0.3) is 0 Å². The van der Waals surface area contributed by atoms with Crippen molar-refractivity contribution < 1.29 is 9.59 Å². The van der Waals surface area contributed by atoms with Crippen LogP contribution in [0.5, 0.6) is 0 Å². The molecule has 2 heterocycles. The van der Waals surface area contributed by atoms with Gasteiger partial charge in [0.05, 0.1) is 5.92 Å². The van der Waals surface area contributed by atoms with Crippen molar-refractivity contribution >= 4 is 28.9 Å². The molecule has 2 atom stereocenters. The molecule has 2 aromatic rings. The molecule has 158 valence electrons. The van der Waals surface area contributed by atoms with E-state index in [9.17, 15) is 9.59 Å². The number of aryl methyl sites for hydroxylation is 1. The largest absolute Gasteiger partial charge is 0.370 e. The minimum Gasteiger partial charge on any atom is -0.370 e. The van der Waals surface area contributed by atoms with E-state index in [1.165, 1.54) is 12.1 Å². The highest BCUT2D eigenvalue weighted by Crippen LogP contribution is 2.27. The lowest BCUT2D eigenvalue weighted by atomic mass is 10.1. The summed E-state index contributed by atoms with van der Waals surface area (Å²) in [6.45, 7) is 4.51. The zero-order chi connectivity index (χ0) is 21.3. The van der Waals surface area contributed by atoms with Crippen molar-refractivity contribution in [1.82, 2.24) is 4.90 Å². The van der Waals surface area contributed by atoms with E-state index in [0.29, 0.717) is 12.6 Å². The fraction of sp³-hybridized carbons (Fsp3) is 0.417. The van der Waals surface area contributed by atoms with E-state index in [4.69, 9.17) is 0 Å². The Balaban J connectivity index is 1.35. The molecule has 30 heavy (non-hydrogen) atoms. The standard InChI is InChI=1S/C24H30N4O2/c1-17-4-8-21(9-5-17)28-15-18(14-23(28)29)24(30)25-19-6-10-20(11-7-19)27-13-12-22(16-27)26(2)3/h4-11,18,22H,12-16H2,1-3H3,(H,25,30). The molecule has 6 heteroatoms. The van der Waals surface area contributed by atoms with Crippen LogP contribution in [-0.4, -0.2) is 56.5 Å². The van der Waals surface area contributed by atoms with Crippen LogP contribution in [0.15, 0.2) is 48.5 Å². The highest BCUT2D eigenvalue weighted by atomic mass is 16.2. The Labute approximate surface area is 178 Å². The van der Waals surface area contributed by atoms with Gasteiger partial charge < -0.3 is 20.0 Å². The summed E-state index contributed by atoms with van der Waals surface area (Å²) in [6, 6.07) is 16.4. The van der Waals surface area contributed by atoms with Crippen molar-refractivity contribution in [2.45, 2.75) is 25.8 Å². The molecule has 2 fully saturated rings. The van der Waals surface area contributed by atoms with Gasteiger partial charge in [0.2, 0.25) is 11.8 Å². The molecule has 0 spiro atoms. The number of hydrogen-bond acceptors (Lipinski definition) is 4. The molecule has 1 N–H and O–H groups in total. The topological polar surface area (TPSA) is 55.9 Å². The second-order valence-corrected chi connectivity index (χ2v) is 8.63. The molecule has 0 aromatic heterocycles. The van der Waals surface area contributed by atoms with Crippen LogP contribution in [0.25, 0.3) is 0 Å². The molecule has 2 amide bonds. The first-order valence-electron chi connectivity index (χ1n) is 10.6. The van der Waals surface area contributed by atoms with Gasteiger partial charge in [-0.2, -0.15) is 0 Å². The maximum absolute atomic E-state index is 12.7. The van der Waals surface area contributed by atoms with Crippen LogP contribution in [0.1, 0.15) is 18.4 Å². The van der Waals surface area contributed by atoms with Gasteiger partial charge in [0.1, 0.15) is 0 Å². The maximum Gasteiger partial charge on any atom is 0.229 e. The molecule has 4 rings (SSSR count). The zero-order valence-electron chi connectivity index (χ0n) is 18.0. The number of carbonyl (C=O) groups is 2. The highest BCUT2D eigenvalue weighted by Gasteiger charge is 2.35. The van der Waals surface area contributed by atoms with Gasteiger partial charge in [-0.1, -0.05) is 17.7 Å². The van der Waals surface area contributed by atoms with Crippen LogP contribution in [-0.2, 0) is 9.59 Å². The lowest BCUT2D eigenvalue weighted by Crippen LogP contribution is -2.31. The van der Waals surface area contributed by atoms with Crippen LogP contribution >= 0.6 is 0 Å². The molecule has 2 aromatic carbocycles. The summed E-state index contributed by atoms with van der Waals surface area (Å²) >= 11 is 0. The number of hydrogen-bond donors (Lipinski definition) is 1. The number of anilines is 3. The molecular weight excluding hydrogens is 376 g/mol. The number of amides is 2. The molecule has 0 saturated carbocycles. The minimum atomic E-state index is -0.335.